The molecule has 2 aromatic heterocycles. The normalized spacial score (nSPS) is 17.4. The number of carbonyl (C=O) groups is 2. The van der Waals surface area contributed by atoms with Crippen LogP contribution in [-0.2, 0) is 15.8 Å². The van der Waals surface area contributed by atoms with Gasteiger partial charge in [0, 0.05) is 27.8 Å². The molecule has 2 atom stereocenters. The van der Waals surface area contributed by atoms with Gasteiger partial charge in [-0.25, -0.2) is 9.37 Å². The second-order valence-corrected chi connectivity index (χ2v) is 10.5. The standard InChI is InChI=1S/C30H26F4N4O6/c1-15-20(12-37-44-15)19-9-6-17(10-22(19)42-3)26(39)36-13-29(41,30(32,33)34)23-11-21-25(43-14-28(21,2)27(35)40)24(38-23)16-4-7-18(31)8-5-16/h4-12,41H,13-14H2,1-3H3,(H2,35,40)(H,36,39)/t28-,29?/m0/s1. The molecular formula is C30H26F4N4O6. The maximum Gasteiger partial charge on any atom is 0.424 e. The molecule has 0 spiro atoms. The Hall–Kier alpha value is -4.98. The minimum Gasteiger partial charge on any atom is -0.496 e. The number of nitrogens with two attached hydrogens (primary N) is 1. The van der Waals surface area contributed by atoms with E-state index in [0.29, 0.717) is 16.9 Å². The Balaban J connectivity index is 1.54. The van der Waals surface area contributed by atoms with Crippen LogP contribution in [0.4, 0.5) is 17.6 Å². The van der Waals surface area contributed by atoms with Crippen LogP contribution in [0.3, 0.4) is 0 Å². The number of halogens is 4. The number of fused-ring (bicyclic) bond motifs is 1. The Bertz CT molecular complexity index is 1760. The number of pyridine rings is 1. The second-order valence-electron chi connectivity index (χ2n) is 10.5. The summed E-state index contributed by atoms with van der Waals surface area (Å²) in [6, 6.07) is 9.75. The fourth-order valence-corrected chi connectivity index (χ4v) is 4.86. The molecule has 0 fully saturated rings. The van der Waals surface area contributed by atoms with Crippen LogP contribution in [0.15, 0.2) is 59.3 Å². The summed E-state index contributed by atoms with van der Waals surface area (Å²) >= 11 is 0. The van der Waals surface area contributed by atoms with E-state index >= 15 is 0 Å². The first kappa shape index (κ1) is 30.5. The lowest BCUT2D eigenvalue weighted by Crippen LogP contribution is -2.51. The molecule has 1 aliphatic heterocycles. The summed E-state index contributed by atoms with van der Waals surface area (Å²) in [5.74, 6) is -1.78. The van der Waals surface area contributed by atoms with E-state index in [1.54, 1.807) is 6.92 Å². The number of rotatable bonds is 8. The predicted octanol–water partition coefficient (Wildman–Crippen LogP) is 4.18. The molecule has 0 radical (unpaired) electrons. The van der Waals surface area contributed by atoms with E-state index < -0.39 is 47.1 Å². The number of hydrogen-bond acceptors (Lipinski definition) is 8. The zero-order chi connectivity index (χ0) is 32.0. The topological polar surface area (TPSA) is 150 Å². The minimum atomic E-state index is -5.36. The number of ether oxygens (including phenoxy) is 2. The van der Waals surface area contributed by atoms with Crippen LogP contribution >= 0.6 is 0 Å². The molecule has 0 bridgehead atoms. The number of carbonyl (C=O) groups excluding carboxylic acids is 2. The summed E-state index contributed by atoms with van der Waals surface area (Å²) in [7, 11) is 1.35. The highest BCUT2D eigenvalue weighted by atomic mass is 19.4. The Morgan fingerprint density at radius 2 is 1.84 bits per heavy atom. The summed E-state index contributed by atoms with van der Waals surface area (Å²) in [6.07, 6.45) is -3.91. The van der Waals surface area contributed by atoms with E-state index in [4.69, 9.17) is 19.7 Å². The number of aromatic nitrogens is 2. The average Bonchev–Trinajstić information content (AvgIpc) is 3.58. The van der Waals surface area contributed by atoms with E-state index in [2.05, 4.69) is 15.5 Å². The third kappa shape index (κ3) is 5.10. The van der Waals surface area contributed by atoms with Gasteiger partial charge in [-0.3, -0.25) is 9.59 Å². The van der Waals surface area contributed by atoms with Crippen molar-refractivity contribution in [1.82, 2.24) is 15.5 Å². The molecule has 2 amide bonds. The van der Waals surface area contributed by atoms with Gasteiger partial charge in [-0.2, -0.15) is 13.2 Å². The lowest BCUT2D eigenvalue weighted by molar-refractivity contribution is -0.265. The molecule has 4 N–H and O–H groups in total. The Morgan fingerprint density at radius 3 is 2.43 bits per heavy atom. The number of benzene rings is 2. The summed E-state index contributed by atoms with van der Waals surface area (Å²) < 4.78 is 73.7. The lowest BCUT2D eigenvalue weighted by Gasteiger charge is -2.31. The quantitative estimate of drug-likeness (QED) is 0.250. The van der Waals surface area contributed by atoms with Gasteiger partial charge in [-0.1, -0.05) is 5.16 Å². The molecule has 3 heterocycles. The highest BCUT2D eigenvalue weighted by molar-refractivity contribution is 5.96. The molecule has 0 saturated heterocycles. The van der Waals surface area contributed by atoms with Crippen LogP contribution in [0.2, 0.25) is 0 Å². The summed E-state index contributed by atoms with van der Waals surface area (Å²) in [6.45, 7) is 1.40. The molecule has 2 aromatic carbocycles. The zero-order valence-electron chi connectivity index (χ0n) is 23.6. The van der Waals surface area contributed by atoms with Gasteiger partial charge in [0.2, 0.25) is 11.5 Å². The number of primary amides is 1. The molecule has 1 unspecified atom stereocenters. The minimum absolute atomic E-state index is 0.0366. The molecule has 230 valence electrons. The first-order valence-electron chi connectivity index (χ1n) is 13.1. The van der Waals surface area contributed by atoms with Gasteiger partial charge in [0.25, 0.3) is 5.91 Å². The molecule has 0 saturated carbocycles. The number of nitrogens with one attached hydrogen (secondary N) is 1. The van der Waals surface area contributed by atoms with Gasteiger partial charge >= 0.3 is 6.18 Å². The molecule has 5 rings (SSSR count). The van der Waals surface area contributed by atoms with Gasteiger partial charge in [0.05, 0.1) is 25.5 Å². The Labute approximate surface area is 247 Å². The Kier molecular flexibility index (Phi) is 7.58. The number of amides is 2. The van der Waals surface area contributed by atoms with E-state index in [1.165, 1.54) is 50.6 Å². The van der Waals surface area contributed by atoms with E-state index in [0.717, 1.165) is 18.2 Å². The number of alkyl halides is 3. The largest absolute Gasteiger partial charge is 0.496 e. The van der Waals surface area contributed by atoms with Crippen molar-refractivity contribution in [3.05, 3.63) is 83.1 Å². The number of aryl methyl sites for hydroxylation is 1. The van der Waals surface area contributed by atoms with Gasteiger partial charge in [-0.05, 0) is 62.4 Å². The van der Waals surface area contributed by atoms with Gasteiger partial charge in [-0.15, -0.1) is 0 Å². The molecule has 0 aliphatic carbocycles. The lowest BCUT2D eigenvalue weighted by atomic mass is 9.81. The van der Waals surface area contributed by atoms with Crippen molar-refractivity contribution < 1.29 is 46.3 Å². The van der Waals surface area contributed by atoms with Crippen molar-refractivity contribution in [2.24, 2.45) is 5.73 Å². The molecule has 10 nitrogen and oxygen atoms in total. The van der Waals surface area contributed by atoms with Crippen LogP contribution in [0, 0.1) is 12.7 Å². The van der Waals surface area contributed by atoms with Crippen molar-refractivity contribution in [3.8, 4) is 33.9 Å². The van der Waals surface area contributed by atoms with E-state index in [1.807, 2.05) is 0 Å². The molecule has 4 aromatic rings. The summed E-state index contributed by atoms with van der Waals surface area (Å²) in [4.78, 5) is 29.5. The van der Waals surface area contributed by atoms with Crippen LogP contribution < -0.4 is 20.5 Å². The van der Waals surface area contributed by atoms with Crippen LogP contribution in [0.25, 0.3) is 22.4 Å². The Morgan fingerprint density at radius 1 is 1.14 bits per heavy atom. The zero-order valence-corrected chi connectivity index (χ0v) is 23.6. The maximum absolute atomic E-state index is 14.7. The second kappa shape index (κ2) is 10.9. The van der Waals surface area contributed by atoms with Crippen LogP contribution in [0.1, 0.15) is 34.3 Å². The van der Waals surface area contributed by atoms with Crippen LogP contribution in [-0.4, -0.2) is 53.5 Å². The molecule has 14 heteroatoms. The molecule has 44 heavy (non-hydrogen) atoms. The fourth-order valence-electron chi connectivity index (χ4n) is 4.86. The van der Waals surface area contributed by atoms with Crippen molar-refractivity contribution in [3.63, 3.8) is 0 Å². The highest BCUT2D eigenvalue weighted by Crippen LogP contribution is 2.47. The van der Waals surface area contributed by atoms with Gasteiger partial charge < -0.3 is 30.2 Å². The van der Waals surface area contributed by atoms with Crippen molar-refractivity contribution in [2.45, 2.75) is 31.0 Å². The smallest absolute Gasteiger partial charge is 0.424 e. The van der Waals surface area contributed by atoms with Gasteiger partial charge in [0.1, 0.15) is 40.8 Å². The number of nitrogens with zero attached hydrogens (tertiary/aromatic N) is 2. The van der Waals surface area contributed by atoms with Crippen LogP contribution in [0.5, 0.6) is 11.5 Å². The number of methoxy groups -OCH3 is 1. The van der Waals surface area contributed by atoms with Crippen molar-refractivity contribution >= 4 is 11.8 Å². The summed E-state index contributed by atoms with van der Waals surface area (Å²) in [5, 5.41) is 17.0. The average molecular weight is 615 g/mol. The van der Waals surface area contributed by atoms with Gasteiger partial charge in [0.15, 0.2) is 0 Å². The third-order valence-electron chi connectivity index (χ3n) is 7.64. The van der Waals surface area contributed by atoms with Crippen molar-refractivity contribution in [1.29, 1.82) is 0 Å². The SMILES string of the molecule is COc1cc(C(=O)NCC(O)(c2cc3c(c(-c4ccc(F)cc4)n2)OC[C@]3(C)C(N)=O)C(F)(F)F)ccc1-c1cnoc1C. The fraction of sp³-hybridized carbons (Fsp3) is 0.267. The maximum atomic E-state index is 14.7. The first-order chi connectivity index (χ1) is 20.7. The monoisotopic (exact) mass is 614 g/mol. The van der Waals surface area contributed by atoms with E-state index in [9.17, 15) is 32.3 Å². The summed E-state index contributed by atoms with van der Waals surface area (Å²) in [5.41, 5.74) is 0.331. The number of aliphatic hydroxyl groups is 1. The first-order valence-corrected chi connectivity index (χ1v) is 13.1. The van der Waals surface area contributed by atoms with Crippen molar-refractivity contribution in [2.75, 3.05) is 20.3 Å². The molecule has 1 aliphatic rings. The number of hydrogen-bond donors (Lipinski definition) is 3. The molecular weight excluding hydrogens is 588 g/mol. The van der Waals surface area contributed by atoms with E-state index in [-0.39, 0.29) is 40.5 Å². The third-order valence-corrected chi connectivity index (χ3v) is 7.64. The predicted molar refractivity (Wildman–Crippen MR) is 147 cm³/mol. The highest BCUT2D eigenvalue weighted by Gasteiger charge is 2.57.